The lowest BCUT2D eigenvalue weighted by Gasteiger charge is -2.08. The number of nitrogens with zero attached hydrogens (tertiary/aromatic N) is 1. The van der Waals surface area contributed by atoms with Crippen LogP contribution in [-0.2, 0) is 6.54 Å². The number of ether oxygens (including phenoxy) is 1. The minimum absolute atomic E-state index is 0.116. The van der Waals surface area contributed by atoms with E-state index in [0.29, 0.717) is 6.54 Å². The molecular weight excluding hydrogens is 368 g/mol. The molecule has 120 valence electrons. The zero-order valence-corrected chi connectivity index (χ0v) is 13.8. The third kappa shape index (κ3) is 3.32. The van der Waals surface area contributed by atoms with Gasteiger partial charge in [-0.3, -0.25) is 0 Å². The highest BCUT2D eigenvalue weighted by molar-refractivity contribution is 9.10. The van der Waals surface area contributed by atoms with Crippen molar-refractivity contribution in [1.82, 2.24) is 4.57 Å². The first-order chi connectivity index (χ1) is 10.9. The predicted molar refractivity (Wildman–Crippen MR) is 88.2 cm³/mol. The van der Waals surface area contributed by atoms with E-state index in [1.807, 2.05) is 25.3 Å². The molecule has 3 nitrogen and oxygen atoms in total. The lowest BCUT2D eigenvalue weighted by atomic mass is 10.1. The van der Waals surface area contributed by atoms with Crippen LogP contribution in [0.2, 0.25) is 0 Å². The molecule has 3 rings (SSSR count). The van der Waals surface area contributed by atoms with Gasteiger partial charge in [0.1, 0.15) is 5.75 Å². The number of aromatic hydroxyl groups is 1. The molecule has 0 aliphatic carbocycles. The van der Waals surface area contributed by atoms with E-state index in [0.717, 1.165) is 26.4 Å². The second kappa shape index (κ2) is 6.20. The van der Waals surface area contributed by atoms with Gasteiger partial charge in [0.05, 0.1) is 6.54 Å². The van der Waals surface area contributed by atoms with Crippen LogP contribution in [0.5, 0.6) is 11.6 Å². The van der Waals surface area contributed by atoms with Gasteiger partial charge in [-0.15, -0.1) is 0 Å². The summed E-state index contributed by atoms with van der Waals surface area (Å²) in [6.45, 7) is -0.457. The Hall–Kier alpha value is -2.08. The van der Waals surface area contributed by atoms with E-state index in [-0.39, 0.29) is 11.6 Å². The lowest BCUT2D eigenvalue weighted by Crippen LogP contribution is -2.02. The standard InChI is InChI=1S/C17H14BrF2NO2/c1-10-6-13(18)7-12-9-21(16(22)15(10)12)8-11-2-4-14(5-3-11)23-17(19)20/h2-7,9,17,22H,8H2,1H3. The largest absolute Gasteiger partial charge is 0.494 e. The average molecular weight is 382 g/mol. The van der Waals surface area contributed by atoms with Gasteiger partial charge in [0.15, 0.2) is 5.88 Å². The maximum absolute atomic E-state index is 12.1. The Morgan fingerprint density at radius 2 is 1.91 bits per heavy atom. The number of alkyl halides is 2. The predicted octanol–water partition coefficient (Wildman–Crippen LogP) is 5.07. The fourth-order valence-electron chi connectivity index (χ4n) is 2.64. The van der Waals surface area contributed by atoms with Crippen molar-refractivity contribution in [2.45, 2.75) is 20.1 Å². The Labute approximate surface area is 140 Å². The zero-order chi connectivity index (χ0) is 16.6. The average Bonchev–Trinajstić information content (AvgIpc) is 2.76. The molecule has 2 aromatic carbocycles. The van der Waals surface area contributed by atoms with Crippen molar-refractivity contribution >= 4 is 26.7 Å². The summed E-state index contributed by atoms with van der Waals surface area (Å²) in [4.78, 5) is 0. The number of hydrogen-bond acceptors (Lipinski definition) is 2. The molecule has 1 aromatic heterocycles. The highest BCUT2D eigenvalue weighted by Gasteiger charge is 2.12. The summed E-state index contributed by atoms with van der Waals surface area (Å²) in [7, 11) is 0. The molecule has 0 amide bonds. The summed E-state index contributed by atoms with van der Waals surface area (Å²) < 4.78 is 31.3. The van der Waals surface area contributed by atoms with Crippen molar-refractivity contribution in [3.8, 4) is 11.6 Å². The van der Waals surface area contributed by atoms with Crippen molar-refractivity contribution in [3.63, 3.8) is 0 Å². The van der Waals surface area contributed by atoms with Crippen LogP contribution >= 0.6 is 15.9 Å². The first kappa shape index (κ1) is 15.8. The minimum atomic E-state index is -2.83. The number of fused-ring (bicyclic) bond motifs is 1. The Morgan fingerprint density at radius 3 is 2.57 bits per heavy atom. The molecule has 6 heteroatoms. The van der Waals surface area contributed by atoms with Crippen LogP contribution in [0.4, 0.5) is 8.78 Å². The molecule has 0 fully saturated rings. The summed E-state index contributed by atoms with van der Waals surface area (Å²) in [5.74, 6) is 0.309. The topological polar surface area (TPSA) is 34.4 Å². The fourth-order valence-corrected chi connectivity index (χ4v) is 3.23. The van der Waals surface area contributed by atoms with Crippen LogP contribution < -0.4 is 4.74 Å². The number of aromatic nitrogens is 1. The number of hydrogen-bond donors (Lipinski definition) is 1. The molecule has 1 N–H and O–H groups in total. The van der Waals surface area contributed by atoms with Crippen molar-refractivity contribution in [2.75, 3.05) is 0 Å². The maximum atomic E-state index is 12.1. The second-order valence-electron chi connectivity index (χ2n) is 5.29. The molecule has 0 bridgehead atoms. The van der Waals surface area contributed by atoms with E-state index < -0.39 is 6.61 Å². The molecule has 0 aliphatic heterocycles. The van der Waals surface area contributed by atoms with Gasteiger partial charge in [-0.1, -0.05) is 28.1 Å². The van der Waals surface area contributed by atoms with Gasteiger partial charge in [0.25, 0.3) is 0 Å². The molecule has 23 heavy (non-hydrogen) atoms. The molecule has 0 spiro atoms. The number of rotatable bonds is 4. The van der Waals surface area contributed by atoms with Gasteiger partial charge in [-0.25, -0.2) is 0 Å². The molecule has 1 heterocycles. The minimum Gasteiger partial charge on any atom is -0.494 e. The monoisotopic (exact) mass is 381 g/mol. The van der Waals surface area contributed by atoms with Gasteiger partial charge in [-0.2, -0.15) is 8.78 Å². The molecule has 0 saturated heterocycles. The van der Waals surface area contributed by atoms with Crippen LogP contribution in [-0.4, -0.2) is 16.3 Å². The highest BCUT2D eigenvalue weighted by atomic mass is 79.9. The Kier molecular flexibility index (Phi) is 4.26. The Balaban J connectivity index is 1.89. The quantitative estimate of drug-likeness (QED) is 0.684. The summed E-state index contributed by atoms with van der Waals surface area (Å²) in [5, 5.41) is 12.2. The zero-order valence-electron chi connectivity index (χ0n) is 12.3. The third-order valence-electron chi connectivity index (χ3n) is 3.62. The smallest absolute Gasteiger partial charge is 0.387 e. The first-order valence-corrected chi connectivity index (χ1v) is 7.75. The van der Waals surface area contributed by atoms with Gasteiger partial charge >= 0.3 is 6.61 Å². The van der Waals surface area contributed by atoms with Crippen molar-refractivity contribution < 1.29 is 18.6 Å². The highest BCUT2D eigenvalue weighted by Crippen LogP contribution is 2.33. The number of halogens is 3. The molecule has 0 aliphatic rings. The number of benzene rings is 2. The van der Waals surface area contributed by atoms with E-state index in [4.69, 9.17) is 0 Å². The van der Waals surface area contributed by atoms with Crippen LogP contribution in [0.25, 0.3) is 10.8 Å². The van der Waals surface area contributed by atoms with E-state index in [1.54, 1.807) is 16.7 Å². The Bertz CT molecular complexity index is 844. The molecule has 0 unspecified atom stereocenters. The molecular formula is C17H14BrF2NO2. The molecule has 3 aromatic rings. The van der Waals surface area contributed by atoms with Crippen LogP contribution in [0.3, 0.4) is 0 Å². The van der Waals surface area contributed by atoms with E-state index in [9.17, 15) is 13.9 Å². The van der Waals surface area contributed by atoms with Gasteiger partial charge in [0, 0.05) is 21.4 Å². The molecule has 0 atom stereocenters. The van der Waals surface area contributed by atoms with Gasteiger partial charge in [0.2, 0.25) is 0 Å². The van der Waals surface area contributed by atoms with E-state index in [1.165, 1.54) is 12.1 Å². The lowest BCUT2D eigenvalue weighted by molar-refractivity contribution is -0.0498. The summed E-state index contributed by atoms with van der Waals surface area (Å²) >= 11 is 3.45. The molecule has 0 radical (unpaired) electrons. The second-order valence-corrected chi connectivity index (χ2v) is 6.21. The summed E-state index contributed by atoms with van der Waals surface area (Å²) in [6, 6.07) is 10.3. The van der Waals surface area contributed by atoms with E-state index >= 15 is 0 Å². The van der Waals surface area contributed by atoms with Crippen LogP contribution in [0, 0.1) is 6.92 Å². The third-order valence-corrected chi connectivity index (χ3v) is 4.08. The van der Waals surface area contributed by atoms with Crippen LogP contribution in [0.15, 0.2) is 47.1 Å². The number of aryl methyl sites for hydroxylation is 1. The maximum Gasteiger partial charge on any atom is 0.387 e. The summed E-state index contributed by atoms with van der Waals surface area (Å²) in [5.41, 5.74) is 1.85. The Morgan fingerprint density at radius 1 is 1.22 bits per heavy atom. The summed E-state index contributed by atoms with van der Waals surface area (Å²) in [6.07, 6.45) is 1.87. The van der Waals surface area contributed by atoms with Gasteiger partial charge in [-0.05, 0) is 42.3 Å². The van der Waals surface area contributed by atoms with Gasteiger partial charge < -0.3 is 14.4 Å². The van der Waals surface area contributed by atoms with E-state index in [2.05, 4.69) is 20.7 Å². The van der Waals surface area contributed by atoms with Crippen molar-refractivity contribution in [3.05, 3.63) is 58.2 Å². The SMILES string of the molecule is Cc1cc(Br)cc2cn(Cc3ccc(OC(F)F)cc3)c(O)c12. The molecule has 0 saturated carbocycles. The van der Waals surface area contributed by atoms with Crippen LogP contribution in [0.1, 0.15) is 11.1 Å². The fraction of sp³-hybridized carbons (Fsp3) is 0.176. The normalized spacial score (nSPS) is 11.3. The first-order valence-electron chi connectivity index (χ1n) is 6.96. The van der Waals surface area contributed by atoms with Crippen molar-refractivity contribution in [1.29, 1.82) is 0 Å². The van der Waals surface area contributed by atoms with Crippen molar-refractivity contribution in [2.24, 2.45) is 0 Å².